The lowest BCUT2D eigenvalue weighted by Gasteiger charge is -2.03. The molecule has 0 amide bonds. The van der Waals surface area contributed by atoms with Crippen molar-refractivity contribution in [2.45, 2.75) is 0 Å². The summed E-state index contributed by atoms with van der Waals surface area (Å²) in [5.74, 6) is 0.214. The van der Waals surface area contributed by atoms with Gasteiger partial charge in [0.05, 0.1) is 12.0 Å². The monoisotopic (exact) mass is 247 g/mol. The zero-order valence-corrected chi connectivity index (χ0v) is 9.40. The number of benzene rings is 1. The van der Waals surface area contributed by atoms with Gasteiger partial charge in [-0.1, -0.05) is 12.1 Å². The second kappa shape index (κ2) is 4.62. The molecule has 0 radical (unpaired) electrons. The molecule has 1 aromatic carbocycles. The molecule has 18 heavy (non-hydrogen) atoms. The van der Waals surface area contributed by atoms with Crippen LogP contribution in [0.4, 0.5) is 11.6 Å². The zero-order valence-electron chi connectivity index (χ0n) is 9.40. The molecule has 2 aromatic rings. The van der Waals surface area contributed by atoms with Crippen LogP contribution in [-0.2, 0) is 0 Å². The van der Waals surface area contributed by atoms with Gasteiger partial charge in [-0.05, 0) is 0 Å². The number of nitrogens with two attached hydrogens (primary N) is 1. The molecule has 2 N–H and O–H groups in total. The maximum atomic E-state index is 10.7. The van der Waals surface area contributed by atoms with Crippen LogP contribution in [0.25, 0.3) is 11.4 Å². The summed E-state index contributed by atoms with van der Waals surface area (Å²) in [6.07, 6.45) is 0. The number of rotatable bonds is 3. The molecule has 0 aliphatic carbocycles. The summed E-state index contributed by atoms with van der Waals surface area (Å²) in [6, 6.07) is 5.98. The second-order valence-corrected chi connectivity index (χ2v) is 3.31. The van der Waals surface area contributed by atoms with Crippen molar-refractivity contribution in [3.05, 3.63) is 34.4 Å². The van der Waals surface area contributed by atoms with Gasteiger partial charge >= 0.3 is 6.01 Å². The third-order valence-electron chi connectivity index (χ3n) is 2.13. The fourth-order valence-corrected chi connectivity index (χ4v) is 1.35. The molecule has 0 bridgehead atoms. The fourth-order valence-electron chi connectivity index (χ4n) is 1.35. The van der Waals surface area contributed by atoms with Crippen LogP contribution in [0.5, 0.6) is 6.01 Å². The number of hydrogen-bond acceptors (Lipinski definition) is 7. The van der Waals surface area contributed by atoms with Crippen LogP contribution in [0.3, 0.4) is 0 Å². The summed E-state index contributed by atoms with van der Waals surface area (Å²) in [4.78, 5) is 21.8. The van der Waals surface area contributed by atoms with Crippen LogP contribution in [0, 0.1) is 10.1 Å². The first kappa shape index (κ1) is 11.7. The first-order valence-corrected chi connectivity index (χ1v) is 4.90. The highest BCUT2D eigenvalue weighted by molar-refractivity contribution is 5.60. The van der Waals surface area contributed by atoms with Gasteiger partial charge < -0.3 is 10.5 Å². The maximum Gasteiger partial charge on any atom is 0.321 e. The maximum absolute atomic E-state index is 10.7. The van der Waals surface area contributed by atoms with E-state index in [1.807, 2.05) is 0 Å². The molecule has 1 aromatic heterocycles. The van der Waals surface area contributed by atoms with E-state index in [1.165, 1.54) is 19.2 Å². The minimum absolute atomic E-state index is 0.0108. The summed E-state index contributed by atoms with van der Waals surface area (Å²) in [5, 5.41) is 10.7. The van der Waals surface area contributed by atoms with E-state index in [2.05, 4.69) is 15.0 Å². The summed E-state index contributed by atoms with van der Waals surface area (Å²) >= 11 is 0. The number of methoxy groups -OCH3 is 1. The van der Waals surface area contributed by atoms with Gasteiger partial charge in [0.2, 0.25) is 5.95 Å². The third-order valence-corrected chi connectivity index (χ3v) is 2.13. The van der Waals surface area contributed by atoms with Gasteiger partial charge in [-0.25, -0.2) is 0 Å². The quantitative estimate of drug-likeness (QED) is 0.635. The first-order valence-electron chi connectivity index (χ1n) is 4.90. The Kier molecular flexibility index (Phi) is 3.00. The van der Waals surface area contributed by atoms with Crippen molar-refractivity contribution in [2.24, 2.45) is 0 Å². The number of hydrogen-bond donors (Lipinski definition) is 1. The number of ether oxygens (including phenoxy) is 1. The number of anilines is 1. The van der Waals surface area contributed by atoms with Gasteiger partial charge in [0.15, 0.2) is 5.82 Å². The lowest BCUT2D eigenvalue weighted by atomic mass is 10.2. The van der Waals surface area contributed by atoms with Crippen LogP contribution < -0.4 is 10.5 Å². The van der Waals surface area contributed by atoms with E-state index in [0.717, 1.165) is 0 Å². The number of nitrogen functional groups attached to an aromatic ring is 1. The van der Waals surface area contributed by atoms with Crippen LogP contribution in [0.1, 0.15) is 0 Å². The fraction of sp³-hybridized carbons (Fsp3) is 0.100. The molecule has 0 saturated carbocycles. The molecule has 0 unspecified atom stereocenters. The Hall–Kier alpha value is -2.77. The SMILES string of the molecule is COc1nc(N)nc(-c2cccc([N+](=O)[O-])c2)n1. The Balaban J connectivity index is 2.51. The van der Waals surface area contributed by atoms with Crippen molar-refractivity contribution in [1.29, 1.82) is 0 Å². The van der Waals surface area contributed by atoms with Gasteiger partial charge in [-0.15, -0.1) is 0 Å². The second-order valence-electron chi connectivity index (χ2n) is 3.31. The molecule has 0 atom stereocenters. The van der Waals surface area contributed by atoms with E-state index in [9.17, 15) is 10.1 Å². The molecular weight excluding hydrogens is 238 g/mol. The Morgan fingerprint density at radius 3 is 2.78 bits per heavy atom. The highest BCUT2D eigenvalue weighted by atomic mass is 16.6. The van der Waals surface area contributed by atoms with Crippen molar-refractivity contribution in [3.8, 4) is 17.4 Å². The van der Waals surface area contributed by atoms with E-state index in [4.69, 9.17) is 10.5 Å². The van der Waals surface area contributed by atoms with Gasteiger partial charge in [-0.3, -0.25) is 10.1 Å². The largest absolute Gasteiger partial charge is 0.467 e. The Bertz CT molecular complexity index is 602. The van der Waals surface area contributed by atoms with E-state index < -0.39 is 4.92 Å². The molecule has 92 valence electrons. The lowest BCUT2D eigenvalue weighted by Crippen LogP contribution is -2.02. The molecule has 0 fully saturated rings. The number of aromatic nitrogens is 3. The van der Waals surface area contributed by atoms with Crippen LogP contribution in [-0.4, -0.2) is 27.0 Å². The topological polar surface area (TPSA) is 117 Å². The van der Waals surface area contributed by atoms with Gasteiger partial charge in [0, 0.05) is 17.7 Å². The molecule has 2 rings (SSSR count). The standard InChI is InChI=1S/C10H9N5O3/c1-18-10-13-8(12-9(11)14-10)6-3-2-4-7(5-6)15(16)17/h2-5H,1H3,(H2,11,12,13,14). The van der Waals surface area contributed by atoms with Crippen molar-refractivity contribution in [2.75, 3.05) is 12.8 Å². The van der Waals surface area contributed by atoms with E-state index >= 15 is 0 Å². The van der Waals surface area contributed by atoms with Crippen LogP contribution in [0.2, 0.25) is 0 Å². The van der Waals surface area contributed by atoms with Crippen LogP contribution in [0.15, 0.2) is 24.3 Å². The zero-order chi connectivity index (χ0) is 13.1. The van der Waals surface area contributed by atoms with Crippen molar-refractivity contribution >= 4 is 11.6 Å². The minimum atomic E-state index is -0.495. The molecular formula is C10H9N5O3. The number of nitrogens with zero attached hydrogens (tertiary/aromatic N) is 4. The number of nitro benzene ring substituents is 1. The van der Waals surface area contributed by atoms with Crippen molar-refractivity contribution in [1.82, 2.24) is 15.0 Å². The molecule has 1 heterocycles. The van der Waals surface area contributed by atoms with Gasteiger partial charge in [-0.2, -0.15) is 15.0 Å². The number of nitro groups is 1. The Labute approximate surface area is 102 Å². The van der Waals surface area contributed by atoms with E-state index in [-0.39, 0.29) is 23.5 Å². The highest BCUT2D eigenvalue weighted by Crippen LogP contribution is 2.22. The summed E-state index contributed by atoms with van der Waals surface area (Å²) < 4.78 is 4.86. The van der Waals surface area contributed by atoms with E-state index in [1.54, 1.807) is 12.1 Å². The molecule has 0 spiro atoms. The van der Waals surface area contributed by atoms with Crippen molar-refractivity contribution < 1.29 is 9.66 Å². The lowest BCUT2D eigenvalue weighted by molar-refractivity contribution is -0.384. The van der Waals surface area contributed by atoms with Crippen LogP contribution >= 0.6 is 0 Å². The molecule has 8 heteroatoms. The minimum Gasteiger partial charge on any atom is -0.467 e. The van der Waals surface area contributed by atoms with Crippen molar-refractivity contribution in [3.63, 3.8) is 0 Å². The van der Waals surface area contributed by atoms with Gasteiger partial charge in [0.1, 0.15) is 0 Å². The Morgan fingerprint density at radius 1 is 1.33 bits per heavy atom. The third kappa shape index (κ3) is 2.32. The predicted molar refractivity (Wildman–Crippen MR) is 62.9 cm³/mol. The average molecular weight is 247 g/mol. The number of non-ortho nitro benzene ring substituents is 1. The smallest absolute Gasteiger partial charge is 0.321 e. The highest BCUT2D eigenvalue weighted by Gasteiger charge is 2.11. The summed E-state index contributed by atoms with van der Waals surface area (Å²) in [7, 11) is 1.39. The molecule has 8 nitrogen and oxygen atoms in total. The molecule has 0 aliphatic heterocycles. The molecule has 0 aliphatic rings. The summed E-state index contributed by atoms with van der Waals surface area (Å²) in [6.45, 7) is 0. The summed E-state index contributed by atoms with van der Waals surface area (Å²) in [5.41, 5.74) is 5.91. The van der Waals surface area contributed by atoms with Gasteiger partial charge in [0.25, 0.3) is 5.69 Å². The van der Waals surface area contributed by atoms with E-state index in [0.29, 0.717) is 5.56 Å². The normalized spacial score (nSPS) is 10.1. The molecule has 0 saturated heterocycles. The first-order chi connectivity index (χ1) is 8.60. The predicted octanol–water partition coefficient (Wildman–Crippen LogP) is 1.04. The average Bonchev–Trinajstić information content (AvgIpc) is 2.38. The Morgan fingerprint density at radius 2 is 2.11 bits per heavy atom.